The number of hydrogen-bond donors (Lipinski definition) is 1. The number of carbonyl (C=O) groups is 1. The second-order valence-electron chi connectivity index (χ2n) is 4.89. The molecule has 0 aromatic heterocycles. The Morgan fingerprint density at radius 1 is 1.00 bits per heavy atom. The zero-order valence-electron chi connectivity index (χ0n) is 12.3. The first-order valence-corrected chi connectivity index (χ1v) is 7.19. The Bertz CT molecular complexity index is 500. The molecule has 2 rings (SSSR count). The molecule has 3 heteroatoms. The molecule has 110 valence electrons. The van der Waals surface area contributed by atoms with Crippen LogP contribution >= 0.6 is 0 Å². The molecule has 3 nitrogen and oxygen atoms in total. The lowest BCUT2D eigenvalue weighted by Gasteiger charge is -2.17. The van der Waals surface area contributed by atoms with Crippen LogP contribution in [0.2, 0.25) is 0 Å². The SMILES string of the molecule is COCCCNC(=O)C(c1ccccc1)c1ccccc1. The second-order valence-corrected chi connectivity index (χ2v) is 4.89. The van der Waals surface area contributed by atoms with Crippen LogP contribution < -0.4 is 5.32 Å². The first-order chi connectivity index (χ1) is 10.3. The Balaban J connectivity index is 2.15. The van der Waals surface area contributed by atoms with E-state index in [1.165, 1.54) is 0 Å². The van der Waals surface area contributed by atoms with Crippen LogP contribution in [-0.2, 0) is 9.53 Å². The van der Waals surface area contributed by atoms with Gasteiger partial charge in [-0.2, -0.15) is 0 Å². The number of hydrogen-bond acceptors (Lipinski definition) is 2. The first-order valence-electron chi connectivity index (χ1n) is 7.19. The van der Waals surface area contributed by atoms with Gasteiger partial charge in [-0.25, -0.2) is 0 Å². The van der Waals surface area contributed by atoms with Crippen LogP contribution in [0.4, 0.5) is 0 Å². The van der Waals surface area contributed by atoms with E-state index < -0.39 is 0 Å². The molecule has 21 heavy (non-hydrogen) atoms. The third kappa shape index (κ3) is 4.43. The van der Waals surface area contributed by atoms with E-state index in [0.717, 1.165) is 17.5 Å². The van der Waals surface area contributed by atoms with Gasteiger partial charge in [-0.05, 0) is 17.5 Å². The van der Waals surface area contributed by atoms with Gasteiger partial charge >= 0.3 is 0 Å². The van der Waals surface area contributed by atoms with E-state index in [1.807, 2.05) is 60.7 Å². The van der Waals surface area contributed by atoms with E-state index in [-0.39, 0.29) is 11.8 Å². The molecule has 0 heterocycles. The summed E-state index contributed by atoms with van der Waals surface area (Å²) >= 11 is 0. The second kappa shape index (κ2) is 8.22. The fourth-order valence-corrected chi connectivity index (χ4v) is 2.32. The molecule has 0 atom stereocenters. The summed E-state index contributed by atoms with van der Waals surface area (Å²) in [6.07, 6.45) is 0.818. The van der Waals surface area contributed by atoms with Gasteiger partial charge in [0.2, 0.25) is 5.91 Å². The van der Waals surface area contributed by atoms with Crippen LogP contribution in [-0.4, -0.2) is 26.2 Å². The molecular weight excluding hydrogens is 262 g/mol. The van der Waals surface area contributed by atoms with Crippen molar-refractivity contribution in [3.63, 3.8) is 0 Å². The summed E-state index contributed by atoms with van der Waals surface area (Å²) in [5, 5.41) is 3.00. The molecule has 0 aliphatic heterocycles. The molecule has 0 bridgehead atoms. The van der Waals surface area contributed by atoms with Crippen molar-refractivity contribution in [3.05, 3.63) is 71.8 Å². The minimum Gasteiger partial charge on any atom is -0.385 e. The maximum absolute atomic E-state index is 12.6. The molecule has 0 saturated heterocycles. The topological polar surface area (TPSA) is 38.3 Å². The molecule has 0 radical (unpaired) electrons. The van der Waals surface area contributed by atoms with Crippen LogP contribution in [0, 0.1) is 0 Å². The van der Waals surface area contributed by atoms with Gasteiger partial charge in [0.05, 0.1) is 5.92 Å². The summed E-state index contributed by atoms with van der Waals surface area (Å²) in [5.74, 6) is -0.238. The maximum Gasteiger partial charge on any atom is 0.232 e. The van der Waals surface area contributed by atoms with E-state index in [4.69, 9.17) is 4.74 Å². The lowest BCUT2D eigenvalue weighted by atomic mass is 9.90. The van der Waals surface area contributed by atoms with Gasteiger partial charge in [0.15, 0.2) is 0 Å². The van der Waals surface area contributed by atoms with Crippen molar-refractivity contribution in [3.8, 4) is 0 Å². The largest absolute Gasteiger partial charge is 0.385 e. The zero-order chi connectivity index (χ0) is 14.9. The highest BCUT2D eigenvalue weighted by molar-refractivity contribution is 5.87. The monoisotopic (exact) mass is 283 g/mol. The Labute approximate surface area is 126 Å². The van der Waals surface area contributed by atoms with Crippen LogP contribution in [0.15, 0.2) is 60.7 Å². The Morgan fingerprint density at radius 3 is 2.00 bits per heavy atom. The van der Waals surface area contributed by atoms with Crippen LogP contribution in [0.3, 0.4) is 0 Å². The number of ether oxygens (including phenoxy) is 1. The van der Waals surface area contributed by atoms with Gasteiger partial charge in [-0.3, -0.25) is 4.79 Å². The van der Waals surface area contributed by atoms with E-state index in [0.29, 0.717) is 13.2 Å². The molecule has 2 aromatic rings. The summed E-state index contributed by atoms with van der Waals surface area (Å²) < 4.78 is 5.00. The van der Waals surface area contributed by atoms with E-state index >= 15 is 0 Å². The molecule has 0 saturated carbocycles. The Hall–Kier alpha value is -2.13. The third-order valence-electron chi connectivity index (χ3n) is 3.35. The average molecular weight is 283 g/mol. The molecule has 0 fully saturated rings. The fourth-order valence-electron chi connectivity index (χ4n) is 2.32. The standard InChI is InChI=1S/C18H21NO2/c1-21-14-8-13-19-18(20)17(15-9-4-2-5-10-15)16-11-6-3-7-12-16/h2-7,9-12,17H,8,13-14H2,1H3,(H,19,20). The molecule has 1 N–H and O–H groups in total. The summed E-state index contributed by atoms with van der Waals surface area (Å²) in [4.78, 5) is 12.6. The van der Waals surface area contributed by atoms with E-state index in [9.17, 15) is 4.79 Å². The smallest absolute Gasteiger partial charge is 0.232 e. The molecule has 0 aliphatic carbocycles. The van der Waals surface area contributed by atoms with Crippen LogP contribution in [0.25, 0.3) is 0 Å². The molecule has 0 aliphatic rings. The minimum absolute atomic E-state index is 0.0310. The van der Waals surface area contributed by atoms with Crippen molar-refractivity contribution in [2.45, 2.75) is 12.3 Å². The van der Waals surface area contributed by atoms with Crippen LogP contribution in [0.5, 0.6) is 0 Å². The quantitative estimate of drug-likeness (QED) is 0.793. The summed E-state index contributed by atoms with van der Waals surface area (Å²) in [6.45, 7) is 1.28. The number of amides is 1. The van der Waals surface area contributed by atoms with Crippen molar-refractivity contribution >= 4 is 5.91 Å². The molecule has 0 spiro atoms. The number of methoxy groups -OCH3 is 1. The normalized spacial score (nSPS) is 10.6. The predicted molar refractivity (Wildman–Crippen MR) is 84.2 cm³/mol. The van der Waals surface area contributed by atoms with Gasteiger partial charge < -0.3 is 10.1 Å². The highest BCUT2D eigenvalue weighted by atomic mass is 16.5. The van der Waals surface area contributed by atoms with Gasteiger partial charge in [0.1, 0.15) is 0 Å². The molecular formula is C18H21NO2. The van der Waals surface area contributed by atoms with Crippen molar-refractivity contribution in [2.24, 2.45) is 0 Å². The number of nitrogens with one attached hydrogen (secondary N) is 1. The van der Waals surface area contributed by atoms with Crippen LogP contribution in [0.1, 0.15) is 23.5 Å². The summed E-state index contributed by atoms with van der Waals surface area (Å²) in [5.41, 5.74) is 2.01. The average Bonchev–Trinajstić information content (AvgIpc) is 2.54. The highest BCUT2D eigenvalue weighted by Crippen LogP contribution is 2.24. The number of carbonyl (C=O) groups excluding carboxylic acids is 1. The predicted octanol–water partition coefficient (Wildman–Crippen LogP) is 2.97. The Kier molecular flexibility index (Phi) is 5.98. The summed E-state index contributed by atoms with van der Waals surface area (Å²) in [7, 11) is 1.67. The molecule has 1 amide bonds. The van der Waals surface area contributed by atoms with Crippen molar-refractivity contribution in [2.75, 3.05) is 20.3 Å². The van der Waals surface area contributed by atoms with Gasteiger partial charge in [0, 0.05) is 20.3 Å². The van der Waals surface area contributed by atoms with E-state index in [2.05, 4.69) is 5.32 Å². The van der Waals surface area contributed by atoms with E-state index in [1.54, 1.807) is 7.11 Å². The molecule has 0 unspecified atom stereocenters. The summed E-state index contributed by atoms with van der Waals surface area (Å²) in [6, 6.07) is 19.7. The maximum atomic E-state index is 12.6. The first kappa shape index (κ1) is 15.3. The zero-order valence-corrected chi connectivity index (χ0v) is 12.3. The lowest BCUT2D eigenvalue weighted by molar-refractivity contribution is -0.121. The minimum atomic E-state index is -0.269. The van der Waals surface area contributed by atoms with Crippen molar-refractivity contribution < 1.29 is 9.53 Å². The highest BCUT2D eigenvalue weighted by Gasteiger charge is 2.21. The van der Waals surface area contributed by atoms with Gasteiger partial charge in [-0.1, -0.05) is 60.7 Å². The lowest BCUT2D eigenvalue weighted by Crippen LogP contribution is -2.31. The third-order valence-corrected chi connectivity index (χ3v) is 3.35. The molecule has 2 aromatic carbocycles. The van der Waals surface area contributed by atoms with Gasteiger partial charge in [-0.15, -0.1) is 0 Å². The van der Waals surface area contributed by atoms with Crippen molar-refractivity contribution in [1.29, 1.82) is 0 Å². The number of rotatable bonds is 7. The van der Waals surface area contributed by atoms with Gasteiger partial charge in [0.25, 0.3) is 0 Å². The van der Waals surface area contributed by atoms with Crippen molar-refractivity contribution in [1.82, 2.24) is 5.32 Å². The fraction of sp³-hybridized carbons (Fsp3) is 0.278. The Morgan fingerprint density at radius 2 is 1.52 bits per heavy atom. The number of benzene rings is 2.